The number of carbonyl (C=O) groups excluding carboxylic acids is 2. The van der Waals surface area contributed by atoms with E-state index in [1.807, 2.05) is 58.0 Å². The van der Waals surface area contributed by atoms with Gasteiger partial charge in [0.25, 0.3) is 5.91 Å². The predicted octanol–water partition coefficient (Wildman–Crippen LogP) is 3.97. The van der Waals surface area contributed by atoms with E-state index in [-0.39, 0.29) is 12.5 Å². The summed E-state index contributed by atoms with van der Waals surface area (Å²) in [5, 5.41) is 2.85. The van der Waals surface area contributed by atoms with Crippen LogP contribution in [0.4, 0.5) is 5.69 Å². The monoisotopic (exact) mass is 325 g/mol. The van der Waals surface area contributed by atoms with Gasteiger partial charge in [-0.05, 0) is 49.9 Å². The molecule has 0 atom stereocenters. The van der Waals surface area contributed by atoms with Crippen LogP contribution >= 0.6 is 0 Å². The van der Waals surface area contributed by atoms with Crippen LogP contribution in [0.25, 0.3) is 0 Å². The number of carbonyl (C=O) groups is 2. The number of aryl methyl sites for hydroxylation is 4. The summed E-state index contributed by atoms with van der Waals surface area (Å²) in [6.45, 7) is 7.43. The Morgan fingerprint density at radius 3 is 2.50 bits per heavy atom. The van der Waals surface area contributed by atoms with Crippen molar-refractivity contribution in [1.29, 1.82) is 0 Å². The molecule has 0 aliphatic heterocycles. The Morgan fingerprint density at radius 1 is 1.04 bits per heavy atom. The molecule has 0 radical (unpaired) electrons. The van der Waals surface area contributed by atoms with Crippen LogP contribution in [0, 0.1) is 20.8 Å². The Bertz CT molecular complexity index is 765. The first-order valence-corrected chi connectivity index (χ1v) is 8.05. The van der Waals surface area contributed by atoms with Crippen molar-refractivity contribution < 1.29 is 14.3 Å². The number of benzene rings is 2. The van der Waals surface area contributed by atoms with Gasteiger partial charge < -0.3 is 10.1 Å². The molecule has 1 amide bonds. The highest BCUT2D eigenvalue weighted by Crippen LogP contribution is 2.21. The number of hydrogen-bond donors (Lipinski definition) is 1. The summed E-state index contributed by atoms with van der Waals surface area (Å²) in [5.74, 6) is -0.815. The molecule has 126 valence electrons. The first-order valence-electron chi connectivity index (χ1n) is 8.05. The second-order valence-electron chi connectivity index (χ2n) is 5.91. The zero-order valence-electron chi connectivity index (χ0n) is 14.6. The molecule has 2 aromatic carbocycles. The lowest BCUT2D eigenvalue weighted by Gasteiger charge is -2.13. The van der Waals surface area contributed by atoms with Gasteiger partial charge in [0.05, 0.1) is 5.56 Å². The lowest BCUT2D eigenvalue weighted by atomic mass is 10.1. The van der Waals surface area contributed by atoms with Gasteiger partial charge in [-0.1, -0.05) is 42.8 Å². The molecule has 0 heterocycles. The third-order valence-electron chi connectivity index (χ3n) is 3.95. The average Bonchev–Trinajstić information content (AvgIpc) is 2.56. The number of ether oxygens (including phenoxy) is 1. The van der Waals surface area contributed by atoms with Crippen molar-refractivity contribution >= 4 is 17.6 Å². The maximum Gasteiger partial charge on any atom is 0.338 e. The zero-order valence-corrected chi connectivity index (χ0v) is 14.6. The summed E-state index contributed by atoms with van der Waals surface area (Å²) in [6, 6.07) is 11.5. The van der Waals surface area contributed by atoms with Crippen molar-refractivity contribution in [2.24, 2.45) is 0 Å². The number of rotatable bonds is 5. The van der Waals surface area contributed by atoms with Crippen molar-refractivity contribution in [3.63, 3.8) is 0 Å². The second kappa shape index (κ2) is 7.77. The maximum absolute atomic E-state index is 12.2. The number of para-hydroxylation sites is 1. The normalized spacial score (nSPS) is 10.3. The second-order valence-corrected chi connectivity index (χ2v) is 5.91. The molecule has 0 spiro atoms. The topological polar surface area (TPSA) is 55.4 Å². The molecule has 2 rings (SSSR count). The number of amides is 1. The van der Waals surface area contributed by atoms with E-state index < -0.39 is 5.97 Å². The van der Waals surface area contributed by atoms with Crippen molar-refractivity contribution in [3.05, 3.63) is 64.2 Å². The summed E-state index contributed by atoms with van der Waals surface area (Å²) in [7, 11) is 0. The fraction of sp³-hybridized carbons (Fsp3) is 0.300. The molecule has 1 N–H and O–H groups in total. The minimum atomic E-state index is -0.480. The smallest absolute Gasteiger partial charge is 0.338 e. The molecule has 4 heteroatoms. The van der Waals surface area contributed by atoms with Crippen LogP contribution in [0.1, 0.15) is 39.5 Å². The third kappa shape index (κ3) is 4.22. The molecule has 0 aliphatic carbocycles. The minimum Gasteiger partial charge on any atom is -0.452 e. The van der Waals surface area contributed by atoms with Gasteiger partial charge in [-0.25, -0.2) is 4.79 Å². The summed E-state index contributed by atoms with van der Waals surface area (Å²) in [5.41, 5.74) is 5.15. The standard InChI is InChI=1S/C20H23NO3/c1-5-16-8-6-7-15(4)19(16)21-18(22)12-24-20(23)17-11-13(2)9-10-14(17)3/h6-11H,5,12H2,1-4H3,(H,21,22). The highest BCUT2D eigenvalue weighted by molar-refractivity contribution is 5.97. The molecule has 0 saturated carbocycles. The Balaban J connectivity index is 2.01. The molecular weight excluding hydrogens is 302 g/mol. The Labute approximate surface area is 142 Å². The molecule has 0 unspecified atom stereocenters. The van der Waals surface area contributed by atoms with E-state index in [1.165, 1.54) is 0 Å². The lowest BCUT2D eigenvalue weighted by Crippen LogP contribution is -2.22. The van der Waals surface area contributed by atoms with Crippen LogP contribution in [-0.2, 0) is 16.0 Å². The molecule has 2 aromatic rings. The van der Waals surface area contributed by atoms with Crippen molar-refractivity contribution in [2.45, 2.75) is 34.1 Å². The summed E-state index contributed by atoms with van der Waals surface area (Å²) < 4.78 is 5.16. The van der Waals surface area contributed by atoms with Gasteiger partial charge in [-0.2, -0.15) is 0 Å². The minimum absolute atomic E-state index is 0.302. The molecule has 4 nitrogen and oxygen atoms in total. The lowest BCUT2D eigenvalue weighted by molar-refractivity contribution is -0.119. The zero-order chi connectivity index (χ0) is 17.7. The van der Waals surface area contributed by atoms with Gasteiger partial charge in [0.1, 0.15) is 0 Å². The van der Waals surface area contributed by atoms with Crippen molar-refractivity contribution in [1.82, 2.24) is 0 Å². The van der Waals surface area contributed by atoms with Gasteiger partial charge in [0.15, 0.2) is 6.61 Å². The first-order chi connectivity index (χ1) is 11.4. The molecule has 0 bridgehead atoms. The first kappa shape index (κ1) is 17.7. The van der Waals surface area contributed by atoms with Crippen LogP contribution in [0.15, 0.2) is 36.4 Å². The van der Waals surface area contributed by atoms with E-state index in [0.717, 1.165) is 34.4 Å². The highest BCUT2D eigenvalue weighted by atomic mass is 16.5. The highest BCUT2D eigenvalue weighted by Gasteiger charge is 2.14. The summed E-state index contributed by atoms with van der Waals surface area (Å²) in [4.78, 5) is 24.3. The SMILES string of the molecule is CCc1cccc(C)c1NC(=O)COC(=O)c1cc(C)ccc1C. The summed E-state index contributed by atoms with van der Waals surface area (Å²) >= 11 is 0. The fourth-order valence-electron chi connectivity index (χ4n) is 2.54. The third-order valence-corrected chi connectivity index (χ3v) is 3.95. The van der Waals surface area contributed by atoms with Crippen LogP contribution in [-0.4, -0.2) is 18.5 Å². The quantitative estimate of drug-likeness (QED) is 0.846. The maximum atomic E-state index is 12.2. The van der Waals surface area contributed by atoms with Gasteiger partial charge in [0.2, 0.25) is 0 Å². The predicted molar refractivity (Wildman–Crippen MR) is 95.4 cm³/mol. The average molecular weight is 325 g/mol. The van der Waals surface area contributed by atoms with Crippen LogP contribution in [0.2, 0.25) is 0 Å². The van der Waals surface area contributed by atoms with Crippen molar-refractivity contribution in [2.75, 3.05) is 11.9 Å². The number of esters is 1. The molecule has 24 heavy (non-hydrogen) atoms. The van der Waals surface area contributed by atoms with Crippen LogP contribution in [0.5, 0.6) is 0 Å². The van der Waals surface area contributed by atoms with E-state index in [0.29, 0.717) is 5.56 Å². The van der Waals surface area contributed by atoms with Gasteiger partial charge in [0, 0.05) is 5.69 Å². The number of nitrogens with one attached hydrogen (secondary N) is 1. The largest absolute Gasteiger partial charge is 0.452 e. The number of anilines is 1. The fourth-order valence-corrected chi connectivity index (χ4v) is 2.54. The Kier molecular flexibility index (Phi) is 5.74. The van der Waals surface area contributed by atoms with E-state index >= 15 is 0 Å². The van der Waals surface area contributed by atoms with Gasteiger partial charge >= 0.3 is 5.97 Å². The van der Waals surface area contributed by atoms with Gasteiger partial charge in [-0.3, -0.25) is 4.79 Å². The van der Waals surface area contributed by atoms with Crippen LogP contribution < -0.4 is 5.32 Å². The van der Waals surface area contributed by atoms with E-state index in [2.05, 4.69) is 5.32 Å². The Morgan fingerprint density at radius 2 is 1.79 bits per heavy atom. The molecular formula is C20H23NO3. The number of hydrogen-bond acceptors (Lipinski definition) is 3. The Hall–Kier alpha value is -2.62. The van der Waals surface area contributed by atoms with Crippen LogP contribution in [0.3, 0.4) is 0 Å². The molecule has 0 fully saturated rings. The van der Waals surface area contributed by atoms with Gasteiger partial charge in [-0.15, -0.1) is 0 Å². The van der Waals surface area contributed by atoms with E-state index in [4.69, 9.17) is 4.74 Å². The molecule has 0 aliphatic rings. The van der Waals surface area contributed by atoms with Crippen molar-refractivity contribution in [3.8, 4) is 0 Å². The summed E-state index contributed by atoms with van der Waals surface area (Å²) in [6.07, 6.45) is 0.819. The molecule has 0 saturated heterocycles. The van der Waals surface area contributed by atoms with E-state index in [1.54, 1.807) is 6.07 Å². The van der Waals surface area contributed by atoms with E-state index in [9.17, 15) is 9.59 Å². The molecule has 0 aromatic heterocycles.